The van der Waals surface area contributed by atoms with E-state index in [1.165, 1.54) is 0 Å². The van der Waals surface area contributed by atoms with E-state index in [2.05, 4.69) is 4.72 Å². The van der Waals surface area contributed by atoms with Gasteiger partial charge in [0.2, 0.25) is 10.0 Å². The fourth-order valence-corrected chi connectivity index (χ4v) is 2.36. The molecule has 0 atom stereocenters. The molecule has 0 bridgehead atoms. The zero-order valence-corrected chi connectivity index (χ0v) is 7.87. The molecule has 0 aromatic heterocycles. The molecule has 0 unspecified atom stereocenters. The predicted octanol–water partition coefficient (Wildman–Crippen LogP) is 0.868. The van der Waals surface area contributed by atoms with E-state index in [1.54, 1.807) is 6.92 Å². The molecule has 1 saturated carbocycles. The highest BCUT2D eigenvalue weighted by atomic mass is 32.2. The maximum absolute atomic E-state index is 11.1. The lowest BCUT2D eigenvalue weighted by Gasteiger charge is -2.38. The third-order valence-corrected chi connectivity index (χ3v) is 3.80. The molecule has 0 radical (unpaired) electrons. The zero-order chi connectivity index (χ0) is 8.54. The largest absolute Gasteiger partial charge is 0.212 e. The lowest BCUT2D eigenvalue weighted by atomic mass is 9.80. The van der Waals surface area contributed by atoms with Crippen LogP contribution in [0.2, 0.25) is 0 Å². The molecule has 66 valence electrons. The molecule has 11 heavy (non-hydrogen) atoms. The van der Waals surface area contributed by atoms with Gasteiger partial charge >= 0.3 is 0 Å². The highest BCUT2D eigenvalue weighted by Crippen LogP contribution is 2.31. The predicted molar refractivity (Wildman–Crippen MR) is 44.9 cm³/mol. The van der Waals surface area contributed by atoms with E-state index in [0.29, 0.717) is 0 Å². The first kappa shape index (κ1) is 9.00. The molecule has 1 aliphatic carbocycles. The van der Waals surface area contributed by atoms with E-state index >= 15 is 0 Å². The molecular weight excluding hydrogens is 162 g/mol. The number of hydrogen-bond donors (Lipinski definition) is 1. The summed E-state index contributed by atoms with van der Waals surface area (Å²) in [6, 6.07) is 0. The molecule has 0 aliphatic heterocycles. The molecule has 0 aromatic rings. The first-order valence-electron chi connectivity index (χ1n) is 3.99. The third-order valence-electron chi connectivity index (χ3n) is 2.24. The molecule has 0 amide bonds. The molecule has 4 heteroatoms. The standard InChI is InChI=1S/C7H15NO2S/c1-3-11(9,10)8-7(2)5-4-6-7/h8H,3-6H2,1-2H3. The van der Waals surface area contributed by atoms with Crippen molar-refractivity contribution in [2.24, 2.45) is 0 Å². The Morgan fingerprint density at radius 1 is 1.45 bits per heavy atom. The summed E-state index contributed by atoms with van der Waals surface area (Å²) in [6.45, 7) is 3.62. The quantitative estimate of drug-likeness (QED) is 0.695. The number of rotatable bonds is 3. The van der Waals surface area contributed by atoms with Crippen molar-refractivity contribution in [3.63, 3.8) is 0 Å². The van der Waals surface area contributed by atoms with Crippen LogP contribution < -0.4 is 4.72 Å². The fourth-order valence-electron chi connectivity index (χ4n) is 1.26. The first-order chi connectivity index (χ1) is 4.97. The van der Waals surface area contributed by atoms with E-state index in [-0.39, 0.29) is 11.3 Å². The summed E-state index contributed by atoms with van der Waals surface area (Å²) in [5.41, 5.74) is -0.130. The van der Waals surface area contributed by atoms with Crippen molar-refractivity contribution in [3.05, 3.63) is 0 Å². The van der Waals surface area contributed by atoms with Gasteiger partial charge in [-0.25, -0.2) is 13.1 Å². The van der Waals surface area contributed by atoms with Crippen molar-refractivity contribution < 1.29 is 8.42 Å². The summed E-state index contributed by atoms with van der Waals surface area (Å²) in [4.78, 5) is 0. The Labute approximate surface area is 68.2 Å². The highest BCUT2D eigenvalue weighted by molar-refractivity contribution is 7.89. The number of sulfonamides is 1. The van der Waals surface area contributed by atoms with Gasteiger partial charge in [0.25, 0.3) is 0 Å². The maximum atomic E-state index is 11.1. The van der Waals surface area contributed by atoms with Crippen LogP contribution in [0.3, 0.4) is 0 Å². The summed E-state index contributed by atoms with van der Waals surface area (Å²) < 4.78 is 24.9. The Hall–Kier alpha value is -0.0900. The molecule has 1 rings (SSSR count). The summed E-state index contributed by atoms with van der Waals surface area (Å²) in [5, 5.41) is 0. The van der Waals surface area contributed by atoms with E-state index in [4.69, 9.17) is 0 Å². The minimum absolute atomic E-state index is 0.130. The van der Waals surface area contributed by atoms with Crippen LogP contribution in [0.1, 0.15) is 33.1 Å². The summed E-state index contributed by atoms with van der Waals surface area (Å²) in [6.07, 6.45) is 3.10. The van der Waals surface area contributed by atoms with Crippen LogP contribution in [0.4, 0.5) is 0 Å². The van der Waals surface area contributed by atoms with Gasteiger partial charge < -0.3 is 0 Å². The van der Waals surface area contributed by atoms with Crippen LogP contribution in [0.15, 0.2) is 0 Å². The van der Waals surface area contributed by atoms with Gasteiger partial charge in [-0.1, -0.05) is 0 Å². The van der Waals surface area contributed by atoms with E-state index < -0.39 is 10.0 Å². The van der Waals surface area contributed by atoms with Crippen molar-refractivity contribution in [2.75, 3.05) is 5.75 Å². The Bertz CT molecular complexity index is 229. The van der Waals surface area contributed by atoms with Gasteiger partial charge in [-0.3, -0.25) is 0 Å². The van der Waals surface area contributed by atoms with Gasteiger partial charge in [-0.2, -0.15) is 0 Å². The van der Waals surface area contributed by atoms with Gasteiger partial charge in [0.15, 0.2) is 0 Å². The minimum atomic E-state index is -2.99. The SMILES string of the molecule is CCS(=O)(=O)NC1(C)CCC1. The van der Waals surface area contributed by atoms with Gasteiger partial charge in [-0.15, -0.1) is 0 Å². The van der Waals surface area contributed by atoms with Crippen molar-refractivity contribution >= 4 is 10.0 Å². The monoisotopic (exact) mass is 177 g/mol. The Morgan fingerprint density at radius 3 is 2.27 bits per heavy atom. The Morgan fingerprint density at radius 2 is 2.00 bits per heavy atom. The number of nitrogens with one attached hydrogen (secondary N) is 1. The maximum Gasteiger partial charge on any atom is 0.211 e. The Balaban J connectivity index is 2.54. The molecule has 0 saturated heterocycles. The van der Waals surface area contributed by atoms with E-state index in [1.807, 2.05) is 6.92 Å². The van der Waals surface area contributed by atoms with Gasteiger partial charge in [-0.05, 0) is 33.1 Å². The Kier molecular flexibility index (Phi) is 2.25. The average Bonchev–Trinajstić information content (AvgIpc) is 1.84. The van der Waals surface area contributed by atoms with Crippen molar-refractivity contribution in [1.82, 2.24) is 4.72 Å². The second-order valence-electron chi connectivity index (χ2n) is 3.42. The lowest BCUT2D eigenvalue weighted by molar-refractivity contribution is 0.248. The van der Waals surface area contributed by atoms with Gasteiger partial charge in [0, 0.05) is 5.54 Å². The van der Waals surface area contributed by atoms with Crippen LogP contribution in [0.5, 0.6) is 0 Å². The molecule has 3 nitrogen and oxygen atoms in total. The molecule has 0 spiro atoms. The van der Waals surface area contributed by atoms with Gasteiger partial charge in [0.1, 0.15) is 0 Å². The third kappa shape index (κ3) is 2.17. The minimum Gasteiger partial charge on any atom is -0.212 e. The molecule has 1 fully saturated rings. The second-order valence-corrected chi connectivity index (χ2v) is 5.43. The van der Waals surface area contributed by atoms with Crippen LogP contribution in [0, 0.1) is 0 Å². The van der Waals surface area contributed by atoms with Crippen molar-refractivity contribution in [1.29, 1.82) is 0 Å². The smallest absolute Gasteiger partial charge is 0.211 e. The highest BCUT2D eigenvalue weighted by Gasteiger charge is 2.34. The van der Waals surface area contributed by atoms with Crippen LogP contribution in [-0.2, 0) is 10.0 Å². The summed E-state index contributed by atoms with van der Waals surface area (Å²) in [7, 11) is -2.99. The van der Waals surface area contributed by atoms with E-state index in [9.17, 15) is 8.42 Å². The van der Waals surface area contributed by atoms with Crippen LogP contribution in [0.25, 0.3) is 0 Å². The van der Waals surface area contributed by atoms with Crippen molar-refractivity contribution in [2.45, 2.75) is 38.6 Å². The second kappa shape index (κ2) is 2.75. The topological polar surface area (TPSA) is 46.2 Å². The molecule has 1 aliphatic rings. The molecule has 1 N–H and O–H groups in total. The normalized spacial score (nSPS) is 22.7. The zero-order valence-electron chi connectivity index (χ0n) is 7.05. The summed E-state index contributed by atoms with van der Waals surface area (Å²) in [5.74, 6) is 0.183. The molecule has 0 aromatic carbocycles. The first-order valence-corrected chi connectivity index (χ1v) is 5.64. The number of hydrogen-bond acceptors (Lipinski definition) is 2. The average molecular weight is 177 g/mol. The van der Waals surface area contributed by atoms with Crippen LogP contribution >= 0.6 is 0 Å². The van der Waals surface area contributed by atoms with E-state index in [0.717, 1.165) is 19.3 Å². The van der Waals surface area contributed by atoms with Crippen molar-refractivity contribution in [3.8, 4) is 0 Å². The fraction of sp³-hybridized carbons (Fsp3) is 1.00. The summed E-state index contributed by atoms with van der Waals surface area (Å²) >= 11 is 0. The molecule has 0 heterocycles. The van der Waals surface area contributed by atoms with Crippen LogP contribution in [-0.4, -0.2) is 19.7 Å². The molecular formula is C7H15NO2S. The van der Waals surface area contributed by atoms with Gasteiger partial charge in [0.05, 0.1) is 5.75 Å². The lowest BCUT2D eigenvalue weighted by Crippen LogP contribution is -2.51.